The number of benzene rings is 2. The van der Waals surface area contributed by atoms with Gasteiger partial charge in [0.1, 0.15) is 11.6 Å². The van der Waals surface area contributed by atoms with Gasteiger partial charge in [-0.05, 0) is 30.3 Å². The Balaban J connectivity index is 1.58. The molecule has 24 heavy (non-hydrogen) atoms. The lowest BCUT2D eigenvalue weighted by molar-refractivity contribution is -0.116. The number of aryl methyl sites for hydroxylation is 1. The van der Waals surface area contributed by atoms with E-state index in [1.54, 1.807) is 18.2 Å². The summed E-state index contributed by atoms with van der Waals surface area (Å²) in [5.74, 6) is -0.595. The lowest BCUT2D eigenvalue weighted by atomic mass is 10.2. The average Bonchev–Trinajstić information content (AvgIpc) is 3.02. The van der Waals surface area contributed by atoms with Crippen LogP contribution >= 0.6 is 0 Å². The minimum atomic E-state index is -0.426. The molecule has 122 valence electrons. The van der Waals surface area contributed by atoms with Crippen LogP contribution in [0.4, 0.5) is 14.5 Å². The van der Waals surface area contributed by atoms with Crippen LogP contribution in [0.15, 0.2) is 53.1 Å². The summed E-state index contributed by atoms with van der Waals surface area (Å²) in [6, 6.07) is 11.5. The third-order valence-electron chi connectivity index (χ3n) is 3.23. The van der Waals surface area contributed by atoms with E-state index in [0.29, 0.717) is 11.3 Å². The number of halogens is 2. The summed E-state index contributed by atoms with van der Waals surface area (Å²) in [5, 5.41) is 6.35. The van der Waals surface area contributed by atoms with Crippen LogP contribution in [-0.2, 0) is 11.2 Å². The number of carbonyl (C=O) groups excluding carboxylic acids is 1. The SMILES string of the molecule is O=C(CCc1nc(-c2cccc(F)c2)no1)Nc1cccc(F)c1. The van der Waals surface area contributed by atoms with Crippen molar-refractivity contribution in [2.75, 3.05) is 5.32 Å². The number of rotatable bonds is 5. The molecule has 0 radical (unpaired) electrons. The fourth-order valence-corrected chi connectivity index (χ4v) is 2.11. The minimum absolute atomic E-state index is 0.0985. The molecule has 2 aromatic carbocycles. The Morgan fingerprint density at radius 2 is 1.83 bits per heavy atom. The molecule has 0 fully saturated rings. The number of nitrogens with zero attached hydrogens (tertiary/aromatic N) is 2. The van der Waals surface area contributed by atoms with Gasteiger partial charge in [-0.15, -0.1) is 0 Å². The largest absolute Gasteiger partial charge is 0.339 e. The number of anilines is 1. The van der Waals surface area contributed by atoms with E-state index in [1.807, 2.05) is 0 Å². The fraction of sp³-hybridized carbons (Fsp3) is 0.118. The van der Waals surface area contributed by atoms with E-state index >= 15 is 0 Å². The highest BCUT2D eigenvalue weighted by molar-refractivity contribution is 5.90. The number of hydrogen-bond donors (Lipinski definition) is 1. The van der Waals surface area contributed by atoms with Gasteiger partial charge in [0.15, 0.2) is 0 Å². The van der Waals surface area contributed by atoms with E-state index in [-0.39, 0.29) is 30.5 Å². The molecule has 1 amide bonds. The molecule has 0 aliphatic carbocycles. The number of carbonyl (C=O) groups is 1. The lowest BCUT2D eigenvalue weighted by Crippen LogP contribution is -2.12. The Hall–Kier alpha value is -3.09. The molecule has 0 unspecified atom stereocenters. The number of nitrogens with one attached hydrogen (secondary N) is 1. The van der Waals surface area contributed by atoms with E-state index in [2.05, 4.69) is 15.5 Å². The third-order valence-corrected chi connectivity index (χ3v) is 3.23. The summed E-state index contributed by atoms with van der Waals surface area (Å²) in [4.78, 5) is 16.0. The number of hydrogen-bond acceptors (Lipinski definition) is 4. The van der Waals surface area contributed by atoms with Crippen molar-refractivity contribution < 1.29 is 18.1 Å². The Morgan fingerprint density at radius 3 is 2.58 bits per heavy atom. The van der Waals surface area contributed by atoms with E-state index in [9.17, 15) is 13.6 Å². The van der Waals surface area contributed by atoms with Crippen LogP contribution in [0, 0.1) is 11.6 Å². The van der Waals surface area contributed by atoms with Gasteiger partial charge in [-0.25, -0.2) is 8.78 Å². The smallest absolute Gasteiger partial charge is 0.227 e. The molecular weight excluding hydrogens is 316 g/mol. The molecule has 1 heterocycles. The van der Waals surface area contributed by atoms with Crippen LogP contribution in [0.5, 0.6) is 0 Å². The van der Waals surface area contributed by atoms with Crippen molar-refractivity contribution in [1.29, 1.82) is 0 Å². The highest BCUT2D eigenvalue weighted by Crippen LogP contribution is 2.17. The molecule has 0 aliphatic heterocycles. The first kappa shape index (κ1) is 15.8. The first-order chi connectivity index (χ1) is 11.6. The van der Waals surface area contributed by atoms with Crippen molar-refractivity contribution in [3.63, 3.8) is 0 Å². The zero-order chi connectivity index (χ0) is 16.9. The van der Waals surface area contributed by atoms with Gasteiger partial charge in [0.25, 0.3) is 0 Å². The predicted octanol–water partition coefficient (Wildman–Crippen LogP) is 3.59. The van der Waals surface area contributed by atoms with Gasteiger partial charge < -0.3 is 9.84 Å². The van der Waals surface area contributed by atoms with Crippen molar-refractivity contribution >= 4 is 11.6 Å². The molecule has 5 nitrogen and oxygen atoms in total. The second kappa shape index (κ2) is 6.99. The van der Waals surface area contributed by atoms with Crippen LogP contribution in [0.3, 0.4) is 0 Å². The van der Waals surface area contributed by atoms with Gasteiger partial charge in [-0.3, -0.25) is 4.79 Å². The molecular formula is C17H13F2N3O2. The molecule has 0 spiro atoms. The van der Waals surface area contributed by atoms with Gasteiger partial charge >= 0.3 is 0 Å². The van der Waals surface area contributed by atoms with E-state index < -0.39 is 11.6 Å². The van der Waals surface area contributed by atoms with E-state index in [1.165, 1.54) is 30.3 Å². The van der Waals surface area contributed by atoms with Crippen molar-refractivity contribution in [3.05, 3.63) is 66.1 Å². The van der Waals surface area contributed by atoms with Gasteiger partial charge in [-0.1, -0.05) is 23.4 Å². The summed E-state index contributed by atoms with van der Waals surface area (Å²) in [5.41, 5.74) is 0.875. The Labute approximate surface area is 136 Å². The third kappa shape index (κ3) is 4.01. The second-order valence-corrected chi connectivity index (χ2v) is 5.08. The molecule has 0 saturated heterocycles. The fourth-order valence-electron chi connectivity index (χ4n) is 2.11. The highest BCUT2D eigenvalue weighted by Gasteiger charge is 2.11. The first-order valence-electron chi connectivity index (χ1n) is 7.24. The molecule has 0 aliphatic rings. The summed E-state index contributed by atoms with van der Waals surface area (Å²) in [6.45, 7) is 0. The molecule has 0 saturated carbocycles. The van der Waals surface area contributed by atoms with Gasteiger partial charge in [0.2, 0.25) is 17.6 Å². The molecule has 1 aromatic heterocycles. The van der Waals surface area contributed by atoms with E-state index in [4.69, 9.17) is 4.52 Å². The van der Waals surface area contributed by atoms with Crippen LogP contribution in [0.2, 0.25) is 0 Å². The normalized spacial score (nSPS) is 10.6. The predicted molar refractivity (Wildman–Crippen MR) is 83.0 cm³/mol. The molecule has 1 N–H and O–H groups in total. The maximum Gasteiger partial charge on any atom is 0.227 e. The van der Waals surface area contributed by atoms with Crippen molar-refractivity contribution in [3.8, 4) is 11.4 Å². The standard InChI is InChI=1S/C17H13F2N3O2/c18-12-4-1-3-11(9-12)17-21-16(24-22-17)8-7-15(23)20-14-6-2-5-13(19)10-14/h1-6,9-10H,7-8H2,(H,20,23). The maximum absolute atomic E-state index is 13.2. The Morgan fingerprint density at radius 1 is 1.08 bits per heavy atom. The number of amides is 1. The monoisotopic (exact) mass is 329 g/mol. The van der Waals surface area contributed by atoms with Gasteiger partial charge in [0, 0.05) is 24.1 Å². The van der Waals surface area contributed by atoms with Crippen LogP contribution in [-0.4, -0.2) is 16.0 Å². The van der Waals surface area contributed by atoms with Crippen molar-refractivity contribution in [1.82, 2.24) is 10.1 Å². The Bertz CT molecular complexity index is 864. The summed E-state index contributed by atoms with van der Waals surface area (Å²) in [7, 11) is 0. The second-order valence-electron chi connectivity index (χ2n) is 5.08. The van der Waals surface area contributed by atoms with E-state index in [0.717, 1.165) is 0 Å². The minimum Gasteiger partial charge on any atom is -0.339 e. The highest BCUT2D eigenvalue weighted by atomic mass is 19.1. The maximum atomic E-state index is 13.2. The number of aromatic nitrogens is 2. The summed E-state index contributed by atoms with van der Waals surface area (Å²) in [6.07, 6.45) is 0.324. The van der Waals surface area contributed by atoms with Gasteiger partial charge in [0.05, 0.1) is 0 Å². The Kier molecular flexibility index (Phi) is 4.60. The zero-order valence-electron chi connectivity index (χ0n) is 12.5. The van der Waals surface area contributed by atoms with Crippen LogP contribution in [0.1, 0.15) is 12.3 Å². The molecule has 0 atom stereocenters. The summed E-state index contributed by atoms with van der Waals surface area (Å²) < 4.78 is 31.3. The topological polar surface area (TPSA) is 68.0 Å². The lowest BCUT2D eigenvalue weighted by Gasteiger charge is -2.03. The van der Waals surface area contributed by atoms with Crippen LogP contribution < -0.4 is 5.32 Å². The van der Waals surface area contributed by atoms with Crippen molar-refractivity contribution in [2.24, 2.45) is 0 Å². The average molecular weight is 329 g/mol. The quantitative estimate of drug-likeness (QED) is 0.777. The molecule has 7 heteroatoms. The van der Waals surface area contributed by atoms with Gasteiger partial charge in [-0.2, -0.15) is 4.98 Å². The summed E-state index contributed by atoms with van der Waals surface area (Å²) >= 11 is 0. The first-order valence-corrected chi connectivity index (χ1v) is 7.24. The zero-order valence-corrected chi connectivity index (χ0v) is 12.5. The van der Waals surface area contributed by atoms with Crippen LogP contribution in [0.25, 0.3) is 11.4 Å². The molecule has 0 bridgehead atoms. The van der Waals surface area contributed by atoms with Crippen molar-refractivity contribution in [2.45, 2.75) is 12.8 Å². The molecule has 3 aromatic rings. The molecule has 3 rings (SSSR count).